The van der Waals surface area contributed by atoms with Gasteiger partial charge in [0.15, 0.2) is 0 Å². The summed E-state index contributed by atoms with van der Waals surface area (Å²) in [6.07, 6.45) is 9.89. The summed E-state index contributed by atoms with van der Waals surface area (Å²) in [5.74, 6) is 1.16. The Morgan fingerprint density at radius 3 is 2.49 bits per heavy atom. The number of carbonyl (C=O) groups is 1. The number of hydrogen-bond acceptors (Lipinski definition) is 8. The summed E-state index contributed by atoms with van der Waals surface area (Å²) in [5.41, 5.74) is 1.75. The number of anilines is 4. The number of rotatable bonds is 5. The van der Waals surface area contributed by atoms with E-state index in [1.807, 2.05) is 18.3 Å². The first-order valence-corrected chi connectivity index (χ1v) is 14.7. The predicted molar refractivity (Wildman–Crippen MR) is 155 cm³/mol. The molecule has 1 saturated carbocycles. The minimum absolute atomic E-state index is 0. The van der Waals surface area contributed by atoms with Gasteiger partial charge in [-0.2, -0.15) is 4.98 Å². The molecule has 3 saturated heterocycles. The van der Waals surface area contributed by atoms with Crippen LogP contribution in [0.25, 0.3) is 0 Å². The van der Waals surface area contributed by atoms with Crippen LogP contribution in [0.2, 0.25) is 0 Å². The van der Waals surface area contributed by atoms with E-state index in [2.05, 4.69) is 30.3 Å². The zero-order valence-electron chi connectivity index (χ0n) is 24.5. The Morgan fingerprint density at radius 1 is 1.05 bits per heavy atom. The van der Waals surface area contributed by atoms with Gasteiger partial charge in [-0.3, -0.25) is 9.69 Å². The molecule has 1 atom stereocenters. The van der Waals surface area contributed by atoms with Gasteiger partial charge in [-0.25, -0.2) is 9.37 Å². The standard InChI is InChI=1S/C29H38FN7O2.CH3.Cs/c30-24-17-21(5-6-25(24)36-11-7-22(8-12-36)35-13-15-39-16-14-35)33-28-32-19-20-18-29(9-10-31-27(29)38)37(26(20)34-28)23-3-1-2-4-23;;/h5-6,17,19,22-23H,1-4,7-16,18H2,(H,31,38)(H,32,33,34);1H3;/q;-1;+1/t29-;;/m1../s1. The normalized spacial score (nSPS) is 25.1. The number of piperidine rings is 1. The van der Waals surface area contributed by atoms with E-state index in [0.717, 1.165) is 82.9 Å². The zero-order valence-corrected chi connectivity index (χ0v) is 30.8. The van der Waals surface area contributed by atoms with E-state index in [-0.39, 0.29) is 88.0 Å². The van der Waals surface area contributed by atoms with Crippen molar-refractivity contribution in [1.82, 2.24) is 20.2 Å². The van der Waals surface area contributed by atoms with E-state index < -0.39 is 5.54 Å². The van der Waals surface area contributed by atoms with Crippen LogP contribution in [0.3, 0.4) is 0 Å². The van der Waals surface area contributed by atoms with Crippen molar-refractivity contribution < 1.29 is 82.8 Å². The summed E-state index contributed by atoms with van der Waals surface area (Å²) < 4.78 is 20.8. The second kappa shape index (κ2) is 13.4. The number of halogens is 1. The molecule has 4 fully saturated rings. The largest absolute Gasteiger partial charge is 1.00 e. The number of amides is 1. The van der Waals surface area contributed by atoms with Crippen molar-refractivity contribution in [2.45, 2.75) is 69.0 Å². The van der Waals surface area contributed by atoms with Crippen molar-refractivity contribution in [3.05, 3.63) is 43.2 Å². The number of aromatic nitrogens is 2. The van der Waals surface area contributed by atoms with Crippen molar-refractivity contribution >= 4 is 29.0 Å². The van der Waals surface area contributed by atoms with Crippen molar-refractivity contribution in [1.29, 1.82) is 0 Å². The molecule has 216 valence electrons. The fourth-order valence-corrected chi connectivity index (χ4v) is 7.52. The Hall–Kier alpha value is -0.928. The summed E-state index contributed by atoms with van der Waals surface area (Å²) in [6, 6.07) is 6.19. The van der Waals surface area contributed by atoms with Gasteiger partial charge < -0.3 is 32.6 Å². The van der Waals surface area contributed by atoms with Crippen LogP contribution in [0.5, 0.6) is 0 Å². The number of nitrogens with one attached hydrogen (secondary N) is 2. The maximum atomic E-state index is 15.3. The first-order valence-electron chi connectivity index (χ1n) is 14.7. The Labute approximate surface area is 301 Å². The number of morpholine rings is 1. The second-order valence-corrected chi connectivity index (χ2v) is 11.7. The molecule has 11 heteroatoms. The molecular formula is C30H41CsFN7O2. The molecule has 1 aromatic heterocycles. The SMILES string of the molecule is O=C1NCC[C@@]12Cc1cnc(Nc3ccc(N4CCC(N5CCOCC5)CC4)c(F)c3)nc1N2C1CCCC1.[CH3-].[Cs+]. The summed E-state index contributed by atoms with van der Waals surface area (Å²) >= 11 is 0. The second-order valence-electron chi connectivity index (χ2n) is 11.7. The molecule has 0 unspecified atom stereocenters. The Morgan fingerprint density at radius 2 is 1.80 bits per heavy atom. The molecule has 7 rings (SSSR count). The van der Waals surface area contributed by atoms with Crippen LogP contribution in [0.4, 0.5) is 27.5 Å². The van der Waals surface area contributed by atoms with E-state index in [9.17, 15) is 4.79 Å². The third kappa shape index (κ3) is 6.07. The molecule has 1 aliphatic carbocycles. The van der Waals surface area contributed by atoms with Gasteiger partial charge in [0, 0.05) is 68.7 Å². The van der Waals surface area contributed by atoms with E-state index in [1.54, 1.807) is 6.07 Å². The van der Waals surface area contributed by atoms with Crippen LogP contribution < -0.4 is 89.3 Å². The van der Waals surface area contributed by atoms with Crippen LogP contribution in [0.15, 0.2) is 24.4 Å². The zero-order chi connectivity index (χ0) is 26.4. The van der Waals surface area contributed by atoms with E-state index in [0.29, 0.717) is 42.4 Å². The predicted octanol–water partition coefficient (Wildman–Crippen LogP) is 0.678. The van der Waals surface area contributed by atoms with Gasteiger partial charge in [-0.05, 0) is 50.3 Å². The van der Waals surface area contributed by atoms with Crippen molar-refractivity contribution in [2.24, 2.45) is 0 Å². The molecule has 5 heterocycles. The Kier molecular flexibility index (Phi) is 10.3. The number of ether oxygens (including phenoxy) is 1. The Bertz CT molecular complexity index is 1230. The molecule has 2 N–H and O–H groups in total. The number of hydrogen-bond donors (Lipinski definition) is 2. The third-order valence-corrected chi connectivity index (χ3v) is 9.52. The molecule has 4 aliphatic heterocycles. The van der Waals surface area contributed by atoms with Crippen LogP contribution in [0.1, 0.15) is 50.5 Å². The van der Waals surface area contributed by atoms with Crippen LogP contribution >= 0.6 is 0 Å². The maximum absolute atomic E-state index is 15.3. The van der Waals surface area contributed by atoms with Gasteiger partial charge in [0.25, 0.3) is 0 Å². The Balaban J connectivity index is 0.00000169. The van der Waals surface area contributed by atoms with Gasteiger partial charge in [-0.1, -0.05) is 12.8 Å². The molecule has 5 aliphatic rings. The summed E-state index contributed by atoms with van der Waals surface area (Å²) in [5, 5.41) is 6.28. The molecule has 0 radical (unpaired) electrons. The number of fused-ring (bicyclic) bond motifs is 1. The number of benzene rings is 1. The van der Waals surface area contributed by atoms with E-state index in [4.69, 9.17) is 9.72 Å². The molecule has 1 aromatic carbocycles. The first kappa shape index (κ1) is 31.5. The monoisotopic (exact) mass is 683 g/mol. The number of carbonyl (C=O) groups excluding carboxylic acids is 1. The fraction of sp³-hybridized carbons (Fsp3) is 0.600. The van der Waals surface area contributed by atoms with Crippen molar-refractivity contribution in [3.8, 4) is 0 Å². The topological polar surface area (TPSA) is 85.9 Å². The van der Waals surface area contributed by atoms with Crippen LogP contribution in [0, 0.1) is 13.2 Å². The third-order valence-electron chi connectivity index (χ3n) is 9.52. The van der Waals surface area contributed by atoms with Gasteiger partial charge >= 0.3 is 68.9 Å². The molecule has 2 aromatic rings. The summed E-state index contributed by atoms with van der Waals surface area (Å²) in [7, 11) is 0. The minimum Gasteiger partial charge on any atom is -0.379 e. The average molecular weight is 684 g/mol. The molecule has 41 heavy (non-hydrogen) atoms. The van der Waals surface area contributed by atoms with Crippen molar-refractivity contribution in [3.63, 3.8) is 0 Å². The summed E-state index contributed by atoms with van der Waals surface area (Å²) in [6.45, 7) is 6.02. The van der Waals surface area contributed by atoms with Crippen LogP contribution in [-0.4, -0.2) is 84.3 Å². The fourth-order valence-electron chi connectivity index (χ4n) is 7.52. The average Bonchev–Trinajstić information content (AvgIpc) is 3.69. The first-order chi connectivity index (χ1) is 19.1. The van der Waals surface area contributed by atoms with Crippen LogP contribution in [-0.2, 0) is 16.0 Å². The minimum atomic E-state index is -0.548. The van der Waals surface area contributed by atoms with Gasteiger partial charge in [0.05, 0.1) is 18.9 Å². The number of nitrogens with zero attached hydrogens (tertiary/aromatic N) is 5. The van der Waals surface area contributed by atoms with E-state index >= 15 is 4.39 Å². The maximum Gasteiger partial charge on any atom is 1.00 e. The van der Waals surface area contributed by atoms with Gasteiger partial charge in [0.1, 0.15) is 17.2 Å². The van der Waals surface area contributed by atoms with Gasteiger partial charge in [0.2, 0.25) is 11.9 Å². The molecule has 1 amide bonds. The summed E-state index contributed by atoms with van der Waals surface area (Å²) in [4.78, 5) is 29.5. The quantitative estimate of drug-likeness (QED) is 0.446. The molecule has 0 bridgehead atoms. The smallest absolute Gasteiger partial charge is 0.379 e. The molecular weight excluding hydrogens is 642 g/mol. The van der Waals surface area contributed by atoms with Gasteiger partial charge in [-0.15, -0.1) is 0 Å². The molecule has 1 spiro atoms. The van der Waals surface area contributed by atoms with Crippen molar-refractivity contribution in [2.75, 3.05) is 61.1 Å². The van der Waals surface area contributed by atoms with E-state index in [1.165, 1.54) is 12.8 Å². The molecule has 9 nitrogen and oxygen atoms in total.